The van der Waals surface area contributed by atoms with Crippen LogP contribution >= 0.6 is 11.6 Å². The topological polar surface area (TPSA) is 67.4 Å². The first-order valence-corrected chi connectivity index (χ1v) is 6.06. The summed E-state index contributed by atoms with van der Waals surface area (Å²) in [6.07, 6.45) is 0. The van der Waals surface area contributed by atoms with Crippen LogP contribution < -0.4 is 10.6 Å². The molecule has 1 unspecified atom stereocenters. The molecule has 1 heterocycles. The Morgan fingerprint density at radius 3 is 2.53 bits per heavy atom. The number of halogens is 1. The lowest BCUT2D eigenvalue weighted by Crippen LogP contribution is -2.48. The molecule has 1 atom stereocenters. The van der Waals surface area contributed by atoms with Crippen molar-refractivity contribution in [3.8, 4) is 0 Å². The van der Waals surface area contributed by atoms with Crippen molar-refractivity contribution in [3.63, 3.8) is 0 Å². The molecule has 0 fully saturated rings. The molecule has 0 bridgehead atoms. The lowest BCUT2D eigenvalue weighted by atomic mass is 9.99. The maximum atomic E-state index is 11.8. The molecule has 0 aliphatic carbocycles. The molecule has 100 valence electrons. The molecule has 5 nitrogen and oxygen atoms in total. The van der Waals surface area contributed by atoms with Crippen LogP contribution in [-0.4, -0.2) is 25.2 Å². The summed E-state index contributed by atoms with van der Waals surface area (Å²) in [5.41, 5.74) is 1.52. The van der Waals surface area contributed by atoms with E-state index in [0.717, 1.165) is 0 Å². The fourth-order valence-electron chi connectivity index (χ4n) is 1.94. The maximum absolute atomic E-state index is 11.8. The highest BCUT2D eigenvalue weighted by atomic mass is 35.5. The minimum atomic E-state index is -0.482. The van der Waals surface area contributed by atoms with Crippen LogP contribution in [0.3, 0.4) is 0 Å². The number of nitrogens with one attached hydrogen (secondary N) is 2. The first-order chi connectivity index (χ1) is 9.02. The van der Waals surface area contributed by atoms with Gasteiger partial charge in [-0.05, 0) is 24.6 Å². The van der Waals surface area contributed by atoms with Crippen molar-refractivity contribution in [2.75, 3.05) is 7.11 Å². The summed E-state index contributed by atoms with van der Waals surface area (Å²) < 4.78 is 4.76. The Morgan fingerprint density at radius 1 is 1.32 bits per heavy atom. The van der Waals surface area contributed by atoms with Gasteiger partial charge in [0.05, 0.1) is 24.4 Å². The van der Waals surface area contributed by atoms with Crippen LogP contribution in [0.4, 0.5) is 4.79 Å². The molecular formula is C13H13ClN2O3. The number of urea groups is 1. The Hall–Kier alpha value is -2.01. The molecule has 1 aliphatic heterocycles. The van der Waals surface area contributed by atoms with Gasteiger partial charge in [-0.25, -0.2) is 9.59 Å². The van der Waals surface area contributed by atoms with Gasteiger partial charge in [0, 0.05) is 5.02 Å². The van der Waals surface area contributed by atoms with Crippen molar-refractivity contribution in [1.29, 1.82) is 0 Å². The second kappa shape index (κ2) is 5.32. The minimum Gasteiger partial charge on any atom is -0.466 e. The van der Waals surface area contributed by atoms with Crippen molar-refractivity contribution < 1.29 is 14.3 Å². The van der Waals surface area contributed by atoms with Crippen molar-refractivity contribution in [1.82, 2.24) is 10.6 Å². The lowest BCUT2D eigenvalue weighted by molar-refractivity contribution is -0.136. The first-order valence-electron chi connectivity index (χ1n) is 5.69. The smallest absolute Gasteiger partial charge is 0.337 e. The van der Waals surface area contributed by atoms with E-state index in [1.165, 1.54) is 7.11 Å². The Balaban J connectivity index is 2.54. The number of carbonyl (C=O) groups is 2. The summed E-state index contributed by atoms with van der Waals surface area (Å²) in [5, 5.41) is 5.84. The first kappa shape index (κ1) is 13.4. The monoisotopic (exact) mass is 280 g/mol. The van der Waals surface area contributed by atoms with E-state index in [1.54, 1.807) is 31.2 Å². The number of benzene rings is 1. The summed E-state index contributed by atoms with van der Waals surface area (Å²) in [4.78, 5) is 23.4. The van der Waals surface area contributed by atoms with E-state index < -0.39 is 12.0 Å². The van der Waals surface area contributed by atoms with Gasteiger partial charge in [0.25, 0.3) is 0 Å². The van der Waals surface area contributed by atoms with Crippen LogP contribution in [0.25, 0.3) is 5.70 Å². The summed E-state index contributed by atoms with van der Waals surface area (Å²) in [7, 11) is 1.30. The van der Waals surface area contributed by atoms with Gasteiger partial charge < -0.3 is 15.4 Å². The molecule has 2 rings (SSSR count). The van der Waals surface area contributed by atoms with E-state index >= 15 is 0 Å². The van der Waals surface area contributed by atoms with Crippen LogP contribution in [0.5, 0.6) is 0 Å². The SMILES string of the molecule is COC(=O)C1=C(c2ccc(Cl)cc2)NC(=O)NC1C. The van der Waals surface area contributed by atoms with Crippen LogP contribution in [0, 0.1) is 0 Å². The van der Waals surface area contributed by atoms with E-state index in [0.29, 0.717) is 21.9 Å². The predicted octanol–water partition coefficient (Wildman–Crippen LogP) is 1.93. The maximum Gasteiger partial charge on any atom is 0.337 e. The molecule has 0 aromatic heterocycles. The molecule has 0 radical (unpaired) electrons. The largest absolute Gasteiger partial charge is 0.466 e. The molecule has 6 heteroatoms. The Kier molecular flexibility index (Phi) is 3.76. The normalized spacial score (nSPS) is 18.7. The number of amides is 2. The lowest BCUT2D eigenvalue weighted by Gasteiger charge is -2.26. The minimum absolute atomic E-state index is 0.356. The van der Waals surface area contributed by atoms with Gasteiger partial charge >= 0.3 is 12.0 Å². The second-order valence-corrected chi connectivity index (χ2v) is 4.54. The van der Waals surface area contributed by atoms with Gasteiger partial charge in [-0.2, -0.15) is 0 Å². The molecule has 1 aliphatic rings. The average Bonchev–Trinajstić information content (AvgIpc) is 2.38. The molecular weight excluding hydrogens is 268 g/mol. The van der Waals surface area contributed by atoms with E-state index in [1.807, 2.05) is 0 Å². The van der Waals surface area contributed by atoms with Crippen LogP contribution in [0.15, 0.2) is 29.8 Å². The number of rotatable bonds is 2. The van der Waals surface area contributed by atoms with Gasteiger partial charge in [0.15, 0.2) is 0 Å². The quantitative estimate of drug-likeness (QED) is 0.814. The number of methoxy groups -OCH3 is 1. The van der Waals surface area contributed by atoms with Crippen molar-refractivity contribution in [2.24, 2.45) is 0 Å². The third-order valence-corrected chi connectivity index (χ3v) is 3.08. The average molecular weight is 281 g/mol. The van der Waals surface area contributed by atoms with Crippen LogP contribution in [-0.2, 0) is 9.53 Å². The Labute approximate surface area is 115 Å². The van der Waals surface area contributed by atoms with Gasteiger partial charge in [-0.1, -0.05) is 23.7 Å². The van der Waals surface area contributed by atoms with Crippen molar-refractivity contribution >= 4 is 29.3 Å². The third-order valence-electron chi connectivity index (χ3n) is 2.83. The zero-order valence-corrected chi connectivity index (χ0v) is 11.2. The molecule has 0 saturated heterocycles. The number of ether oxygens (including phenoxy) is 1. The van der Waals surface area contributed by atoms with Crippen LogP contribution in [0.2, 0.25) is 5.02 Å². The van der Waals surface area contributed by atoms with Crippen molar-refractivity contribution in [2.45, 2.75) is 13.0 Å². The van der Waals surface area contributed by atoms with Gasteiger partial charge in [0.2, 0.25) is 0 Å². The number of hydrogen-bond donors (Lipinski definition) is 2. The van der Waals surface area contributed by atoms with Gasteiger partial charge in [-0.3, -0.25) is 0 Å². The fraction of sp³-hybridized carbons (Fsp3) is 0.231. The summed E-state index contributed by atoms with van der Waals surface area (Å²) in [6.45, 7) is 1.72. The summed E-state index contributed by atoms with van der Waals surface area (Å²) in [5.74, 6) is -0.482. The van der Waals surface area contributed by atoms with Gasteiger partial charge in [0.1, 0.15) is 0 Å². The molecule has 1 aromatic carbocycles. The molecule has 2 N–H and O–H groups in total. The number of esters is 1. The zero-order valence-electron chi connectivity index (χ0n) is 10.5. The zero-order chi connectivity index (χ0) is 14.0. The number of hydrogen-bond acceptors (Lipinski definition) is 3. The number of carbonyl (C=O) groups excluding carboxylic acids is 2. The van der Waals surface area contributed by atoms with Gasteiger partial charge in [-0.15, -0.1) is 0 Å². The summed E-state index contributed by atoms with van der Waals surface area (Å²) >= 11 is 5.83. The standard InChI is InChI=1S/C13H13ClN2O3/c1-7-10(12(17)19-2)11(16-13(18)15-7)8-3-5-9(14)6-4-8/h3-7H,1-2H3,(H2,15,16,18). The van der Waals surface area contributed by atoms with Crippen LogP contribution in [0.1, 0.15) is 12.5 Å². The highest BCUT2D eigenvalue weighted by Crippen LogP contribution is 2.23. The summed E-state index contributed by atoms with van der Waals surface area (Å²) in [6, 6.07) is 6.07. The highest BCUT2D eigenvalue weighted by molar-refractivity contribution is 6.30. The van der Waals surface area contributed by atoms with E-state index in [4.69, 9.17) is 16.3 Å². The molecule has 0 spiro atoms. The van der Waals surface area contributed by atoms with Crippen molar-refractivity contribution in [3.05, 3.63) is 40.4 Å². The molecule has 2 amide bonds. The fourth-order valence-corrected chi connectivity index (χ4v) is 2.06. The second-order valence-electron chi connectivity index (χ2n) is 4.11. The molecule has 0 saturated carbocycles. The Morgan fingerprint density at radius 2 is 1.95 bits per heavy atom. The van der Waals surface area contributed by atoms with E-state index in [-0.39, 0.29) is 6.03 Å². The third kappa shape index (κ3) is 2.71. The molecule has 19 heavy (non-hydrogen) atoms. The molecule has 1 aromatic rings. The van der Waals surface area contributed by atoms with E-state index in [9.17, 15) is 9.59 Å². The Bertz CT molecular complexity index is 552. The predicted molar refractivity (Wildman–Crippen MR) is 71.5 cm³/mol. The van der Waals surface area contributed by atoms with E-state index in [2.05, 4.69) is 10.6 Å². The highest BCUT2D eigenvalue weighted by Gasteiger charge is 2.29.